The van der Waals surface area contributed by atoms with Crippen LogP contribution in [0.25, 0.3) is 0 Å². The van der Waals surface area contributed by atoms with Gasteiger partial charge in [0.25, 0.3) is 11.8 Å². The second-order valence-corrected chi connectivity index (χ2v) is 10.3. The zero-order valence-corrected chi connectivity index (χ0v) is 21.1. The number of esters is 1. The smallest absolute Gasteiger partial charge is 0.341 e. The zero-order chi connectivity index (χ0) is 24.9. The number of hydrogen-bond donors (Lipinski definition) is 3. The van der Waals surface area contributed by atoms with Crippen molar-refractivity contribution in [2.24, 2.45) is 0 Å². The summed E-state index contributed by atoms with van der Waals surface area (Å²) in [7, 11) is 0. The van der Waals surface area contributed by atoms with Gasteiger partial charge in [0.15, 0.2) is 5.76 Å². The molecule has 12 heteroatoms. The molecule has 2 amide bonds. The summed E-state index contributed by atoms with van der Waals surface area (Å²) in [6.07, 6.45) is 0.0394. The van der Waals surface area contributed by atoms with Crippen LogP contribution in [0.5, 0.6) is 0 Å². The number of halogens is 3. The van der Waals surface area contributed by atoms with Crippen LogP contribution < -0.4 is 16.0 Å². The third kappa shape index (κ3) is 6.24. The number of nitrogens with one attached hydrogen (secondary N) is 3. The van der Waals surface area contributed by atoms with Crippen LogP contribution in [0.2, 0.25) is 0 Å². The topological polar surface area (TPSA) is 110 Å². The van der Waals surface area contributed by atoms with Gasteiger partial charge >= 0.3 is 5.97 Å². The maximum Gasteiger partial charge on any atom is 0.341 e. The van der Waals surface area contributed by atoms with Crippen molar-refractivity contribution in [2.45, 2.75) is 23.8 Å². The van der Waals surface area contributed by atoms with E-state index in [4.69, 9.17) is 44.0 Å². The van der Waals surface area contributed by atoms with Crippen LogP contribution in [-0.4, -0.2) is 34.3 Å². The minimum atomic E-state index is -2.03. The number of ether oxygens (including phenoxy) is 1. The Morgan fingerprint density at radius 2 is 1.79 bits per heavy atom. The Bertz CT molecular complexity index is 1160. The highest BCUT2D eigenvalue weighted by molar-refractivity contribution is 7.18. The number of rotatable bonds is 8. The summed E-state index contributed by atoms with van der Waals surface area (Å²) in [5.74, 6) is -1.76. The van der Waals surface area contributed by atoms with Gasteiger partial charge < -0.3 is 25.1 Å². The van der Waals surface area contributed by atoms with Gasteiger partial charge in [-0.25, -0.2) is 4.79 Å². The molecule has 0 aliphatic heterocycles. The summed E-state index contributed by atoms with van der Waals surface area (Å²) in [5, 5.41) is 8.35. The Kier molecular flexibility index (Phi) is 8.48. The van der Waals surface area contributed by atoms with E-state index in [0.29, 0.717) is 11.3 Å². The maximum absolute atomic E-state index is 13.0. The number of benzene rings is 1. The Labute approximate surface area is 214 Å². The number of thiophene rings is 1. The molecule has 0 radical (unpaired) electrons. The summed E-state index contributed by atoms with van der Waals surface area (Å²) in [5.41, 5.74) is 1.05. The number of anilines is 2. The van der Waals surface area contributed by atoms with Crippen LogP contribution in [-0.2, 0) is 4.74 Å². The van der Waals surface area contributed by atoms with Gasteiger partial charge in [0.1, 0.15) is 11.2 Å². The van der Waals surface area contributed by atoms with E-state index >= 15 is 0 Å². The van der Waals surface area contributed by atoms with Crippen molar-refractivity contribution in [3.63, 3.8) is 0 Å². The highest BCUT2D eigenvalue weighted by atomic mass is 35.6. The van der Waals surface area contributed by atoms with Crippen molar-refractivity contribution in [3.05, 3.63) is 70.5 Å². The first-order chi connectivity index (χ1) is 16.1. The van der Waals surface area contributed by atoms with Gasteiger partial charge in [-0.2, -0.15) is 0 Å². The second kappa shape index (κ2) is 11.1. The molecule has 180 valence electrons. The summed E-state index contributed by atoms with van der Waals surface area (Å²) >= 11 is 19.3. The molecule has 0 aliphatic rings. The van der Waals surface area contributed by atoms with E-state index in [-0.39, 0.29) is 27.8 Å². The first kappa shape index (κ1) is 25.9. The predicted molar refractivity (Wildman–Crippen MR) is 133 cm³/mol. The molecule has 3 aromatic rings. The third-order valence-electron chi connectivity index (χ3n) is 4.49. The molecule has 0 saturated heterocycles. The molecular weight excluding hydrogens is 525 g/mol. The summed E-state index contributed by atoms with van der Waals surface area (Å²) in [6.45, 7) is 3.38. The van der Waals surface area contributed by atoms with Crippen molar-refractivity contribution in [1.82, 2.24) is 5.32 Å². The number of hydrogen-bond acceptors (Lipinski definition) is 7. The molecule has 0 saturated carbocycles. The monoisotopic (exact) mass is 543 g/mol. The predicted octanol–water partition coefficient (Wildman–Crippen LogP) is 5.62. The Balaban J connectivity index is 1.95. The van der Waals surface area contributed by atoms with Gasteiger partial charge in [0.05, 0.1) is 23.3 Å². The minimum absolute atomic E-state index is 0.00282. The first-order valence-electron chi connectivity index (χ1n) is 9.96. The first-order valence-corrected chi connectivity index (χ1v) is 11.9. The second-order valence-electron chi connectivity index (χ2n) is 6.87. The van der Waals surface area contributed by atoms with Gasteiger partial charge in [0, 0.05) is 5.69 Å². The Morgan fingerprint density at radius 1 is 1.09 bits per heavy atom. The zero-order valence-electron chi connectivity index (χ0n) is 18.0. The van der Waals surface area contributed by atoms with Crippen molar-refractivity contribution in [3.8, 4) is 0 Å². The summed E-state index contributed by atoms with van der Waals surface area (Å²) < 4.78 is 8.20. The van der Waals surface area contributed by atoms with E-state index < -0.39 is 27.7 Å². The molecule has 2 aromatic heterocycles. The molecule has 2 heterocycles. The average molecular weight is 545 g/mol. The number of para-hydroxylation sites is 1. The highest BCUT2D eigenvalue weighted by Crippen LogP contribution is 2.38. The maximum atomic E-state index is 13.0. The SMILES string of the molecule is CCOC(=O)c1c(N[C@@H](NC(=O)c2ccco2)C(Cl)(Cl)Cl)sc(C(=O)Nc2ccccc2)c1C. The molecule has 0 bridgehead atoms. The van der Waals surface area contributed by atoms with Crippen LogP contribution in [0.3, 0.4) is 0 Å². The van der Waals surface area contributed by atoms with E-state index in [1.54, 1.807) is 38.1 Å². The molecule has 1 atom stereocenters. The molecular formula is C22H20Cl3N3O5S. The fourth-order valence-electron chi connectivity index (χ4n) is 2.93. The number of carbonyl (C=O) groups excluding carboxylic acids is 3. The van der Waals surface area contributed by atoms with Crippen molar-refractivity contribution >= 4 is 74.6 Å². The average Bonchev–Trinajstić information content (AvgIpc) is 3.42. The molecule has 3 N–H and O–H groups in total. The molecule has 0 fully saturated rings. The van der Waals surface area contributed by atoms with Crippen LogP contribution in [0, 0.1) is 6.92 Å². The van der Waals surface area contributed by atoms with Crippen LogP contribution in [0.15, 0.2) is 53.1 Å². The van der Waals surface area contributed by atoms with E-state index in [1.165, 1.54) is 18.4 Å². The molecule has 0 unspecified atom stereocenters. The largest absolute Gasteiger partial charge is 0.462 e. The van der Waals surface area contributed by atoms with E-state index in [9.17, 15) is 14.4 Å². The molecule has 1 aromatic carbocycles. The van der Waals surface area contributed by atoms with E-state index in [0.717, 1.165) is 11.3 Å². The number of carbonyl (C=O) groups is 3. The van der Waals surface area contributed by atoms with Crippen molar-refractivity contribution in [1.29, 1.82) is 0 Å². The van der Waals surface area contributed by atoms with Crippen molar-refractivity contribution in [2.75, 3.05) is 17.2 Å². The molecule has 8 nitrogen and oxygen atoms in total. The highest BCUT2D eigenvalue weighted by Gasteiger charge is 2.37. The Morgan fingerprint density at radius 3 is 2.38 bits per heavy atom. The normalized spacial score (nSPS) is 12.0. The lowest BCUT2D eigenvalue weighted by molar-refractivity contribution is 0.0527. The van der Waals surface area contributed by atoms with Crippen LogP contribution in [0.4, 0.5) is 10.7 Å². The number of furan rings is 1. The summed E-state index contributed by atoms with van der Waals surface area (Å²) in [4.78, 5) is 38.4. The van der Waals surface area contributed by atoms with Gasteiger partial charge in [-0.15, -0.1) is 11.3 Å². The van der Waals surface area contributed by atoms with Crippen LogP contribution in [0.1, 0.15) is 43.1 Å². The summed E-state index contributed by atoms with van der Waals surface area (Å²) in [6, 6.07) is 11.8. The molecule has 34 heavy (non-hydrogen) atoms. The third-order valence-corrected chi connectivity index (χ3v) is 6.36. The number of amides is 2. The molecule has 3 rings (SSSR count). The van der Waals surface area contributed by atoms with Gasteiger partial charge in [0.2, 0.25) is 3.79 Å². The lowest BCUT2D eigenvalue weighted by atomic mass is 10.1. The van der Waals surface area contributed by atoms with Crippen LogP contribution >= 0.6 is 46.1 Å². The lowest BCUT2D eigenvalue weighted by Crippen LogP contribution is -2.49. The van der Waals surface area contributed by atoms with Gasteiger partial charge in [-0.05, 0) is 43.7 Å². The fourth-order valence-corrected chi connectivity index (χ4v) is 4.38. The van der Waals surface area contributed by atoms with E-state index in [1.807, 2.05) is 6.07 Å². The standard InChI is InChI=1S/C22H20Cl3N3O5S/c1-3-32-20(31)15-12(2)16(18(30)26-13-8-5-4-6-9-13)34-19(15)28-21(22(23,24)25)27-17(29)14-10-7-11-33-14/h4-11,21,28H,3H2,1-2H3,(H,26,30)(H,27,29)/t21-/m1/s1. The lowest BCUT2D eigenvalue weighted by Gasteiger charge is -2.26. The van der Waals surface area contributed by atoms with E-state index in [2.05, 4.69) is 16.0 Å². The quantitative estimate of drug-likeness (QED) is 0.193. The van der Waals surface area contributed by atoms with Crippen molar-refractivity contribution < 1.29 is 23.5 Å². The molecule has 0 aliphatic carbocycles. The Hall–Kier alpha value is -2.72. The molecule has 0 spiro atoms. The van der Waals surface area contributed by atoms with Gasteiger partial charge in [-0.1, -0.05) is 53.0 Å². The fraction of sp³-hybridized carbons (Fsp3) is 0.227. The minimum Gasteiger partial charge on any atom is -0.462 e. The number of alkyl halides is 3. The van der Waals surface area contributed by atoms with Gasteiger partial charge in [-0.3, -0.25) is 9.59 Å².